The number of hydrazone groups is 1. The monoisotopic (exact) mass is 368 g/mol. The van der Waals surface area contributed by atoms with E-state index in [1.807, 2.05) is 12.1 Å². The second-order valence-corrected chi connectivity index (χ2v) is 8.09. The van der Waals surface area contributed by atoms with Crippen molar-refractivity contribution < 1.29 is 12.8 Å². The van der Waals surface area contributed by atoms with Gasteiger partial charge in [-0.2, -0.15) is 5.10 Å². The van der Waals surface area contributed by atoms with Gasteiger partial charge in [0.1, 0.15) is 5.76 Å². The minimum atomic E-state index is -3.54. The number of hydrogen-bond donors (Lipinski definition) is 1. The van der Waals surface area contributed by atoms with Gasteiger partial charge in [-0.25, -0.2) is 8.42 Å². The molecule has 0 amide bonds. The molecule has 26 heavy (non-hydrogen) atoms. The van der Waals surface area contributed by atoms with E-state index < -0.39 is 9.84 Å². The average Bonchev–Trinajstić information content (AvgIpc) is 3.16. The van der Waals surface area contributed by atoms with Crippen molar-refractivity contribution >= 4 is 21.7 Å². The number of rotatable bonds is 6. The third-order valence-electron chi connectivity index (χ3n) is 3.95. The number of nitrogens with zero attached hydrogens (tertiary/aromatic N) is 1. The van der Waals surface area contributed by atoms with E-state index in [0.29, 0.717) is 22.3 Å². The van der Waals surface area contributed by atoms with Gasteiger partial charge in [-0.1, -0.05) is 26.0 Å². The van der Waals surface area contributed by atoms with Gasteiger partial charge < -0.3 is 4.42 Å². The number of sulfone groups is 1. The van der Waals surface area contributed by atoms with Crippen molar-refractivity contribution in [3.8, 4) is 0 Å². The molecule has 0 spiro atoms. The van der Waals surface area contributed by atoms with Gasteiger partial charge >= 0.3 is 0 Å². The molecule has 3 rings (SSSR count). The second kappa shape index (κ2) is 7.58. The second-order valence-electron chi connectivity index (χ2n) is 6.14. The van der Waals surface area contributed by atoms with Crippen molar-refractivity contribution in [2.75, 3.05) is 5.43 Å². The lowest BCUT2D eigenvalue weighted by atomic mass is 10.0. The lowest BCUT2D eigenvalue weighted by Gasteiger charge is -2.09. The zero-order valence-electron chi connectivity index (χ0n) is 14.6. The van der Waals surface area contributed by atoms with E-state index in [0.717, 1.165) is 5.56 Å². The van der Waals surface area contributed by atoms with Crippen LogP contribution in [0.1, 0.15) is 31.1 Å². The van der Waals surface area contributed by atoms with Crippen LogP contribution in [0.15, 0.2) is 86.2 Å². The summed E-state index contributed by atoms with van der Waals surface area (Å²) in [5.74, 6) is 0.986. The molecule has 1 aromatic heterocycles. The van der Waals surface area contributed by atoms with Gasteiger partial charge in [0.2, 0.25) is 9.84 Å². The van der Waals surface area contributed by atoms with Gasteiger partial charge in [-0.05, 0) is 60.0 Å². The molecular formula is C20H20N2O3S. The summed E-state index contributed by atoms with van der Waals surface area (Å²) in [5.41, 5.74) is 4.63. The van der Waals surface area contributed by atoms with E-state index in [2.05, 4.69) is 24.4 Å². The summed E-state index contributed by atoms with van der Waals surface area (Å²) in [6.45, 7) is 4.15. The average molecular weight is 368 g/mol. The van der Waals surface area contributed by atoms with Crippen molar-refractivity contribution in [1.82, 2.24) is 0 Å². The van der Waals surface area contributed by atoms with Crippen LogP contribution in [0.2, 0.25) is 0 Å². The van der Waals surface area contributed by atoms with Crippen LogP contribution < -0.4 is 5.43 Å². The van der Waals surface area contributed by atoms with Crippen molar-refractivity contribution in [3.05, 3.63) is 78.3 Å². The summed E-state index contributed by atoms with van der Waals surface area (Å²) in [7, 11) is -3.54. The molecule has 0 aliphatic rings. The highest BCUT2D eigenvalue weighted by Crippen LogP contribution is 2.24. The zero-order chi connectivity index (χ0) is 18.6. The highest BCUT2D eigenvalue weighted by molar-refractivity contribution is 7.91. The quantitative estimate of drug-likeness (QED) is 0.506. The molecular weight excluding hydrogens is 348 g/mol. The summed E-state index contributed by atoms with van der Waals surface area (Å²) >= 11 is 0. The first-order valence-corrected chi connectivity index (χ1v) is 9.73. The molecule has 0 unspecified atom stereocenters. The predicted octanol–water partition coefficient (Wildman–Crippen LogP) is 4.68. The fourth-order valence-corrected chi connectivity index (χ4v) is 3.67. The van der Waals surface area contributed by atoms with E-state index in [1.54, 1.807) is 61.0 Å². The van der Waals surface area contributed by atoms with Crippen LogP contribution in [0.25, 0.3) is 0 Å². The Bertz CT molecular complexity index is 973. The molecule has 0 fully saturated rings. The molecule has 0 aliphatic heterocycles. The van der Waals surface area contributed by atoms with Gasteiger partial charge in [0, 0.05) is 0 Å². The smallest absolute Gasteiger partial charge is 0.206 e. The molecule has 2 aromatic carbocycles. The Morgan fingerprint density at radius 3 is 2.12 bits per heavy atom. The Morgan fingerprint density at radius 2 is 1.58 bits per heavy atom. The van der Waals surface area contributed by atoms with E-state index in [9.17, 15) is 8.42 Å². The molecule has 0 saturated heterocycles. The Labute approximate surface area is 153 Å². The highest BCUT2D eigenvalue weighted by Gasteiger charge is 2.17. The van der Waals surface area contributed by atoms with Crippen LogP contribution in [0.5, 0.6) is 0 Å². The molecule has 0 atom stereocenters. The van der Waals surface area contributed by atoms with Crippen molar-refractivity contribution in [2.45, 2.75) is 29.6 Å². The minimum Gasteiger partial charge on any atom is -0.463 e. The number of furan rings is 1. The fourth-order valence-electron chi connectivity index (χ4n) is 2.41. The number of anilines is 1. The van der Waals surface area contributed by atoms with Gasteiger partial charge in [-0.15, -0.1) is 0 Å². The molecule has 6 heteroatoms. The third kappa shape index (κ3) is 4.03. The van der Waals surface area contributed by atoms with E-state index in [1.165, 1.54) is 0 Å². The van der Waals surface area contributed by atoms with Crippen LogP contribution >= 0.6 is 0 Å². The minimum absolute atomic E-state index is 0.246. The zero-order valence-corrected chi connectivity index (χ0v) is 15.4. The van der Waals surface area contributed by atoms with E-state index >= 15 is 0 Å². The topological polar surface area (TPSA) is 71.7 Å². The first kappa shape index (κ1) is 17.9. The Morgan fingerprint density at radius 1 is 0.962 bits per heavy atom. The summed E-state index contributed by atoms with van der Waals surface area (Å²) in [6.07, 6.45) is 3.11. The SMILES string of the molecule is CC(C)c1ccc(S(=O)(=O)c2ccc(N/N=C\c3ccco3)cc2)cc1. The van der Waals surface area contributed by atoms with Gasteiger partial charge in [0.25, 0.3) is 0 Å². The van der Waals surface area contributed by atoms with Crippen LogP contribution in [0.3, 0.4) is 0 Å². The predicted molar refractivity (Wildman–Crippen MR) is 102 cm³/mol. The lowest BCUT2D eigenvalue weighted by molar-refractivity contribution is 0.560. The molecule has 0 radical (unpaired) electrons. The number of benzene rings is 2. The molecule has 3 aromatic rings. The molecule has 0 bridgehead atoms. The Balaban J connectivity index is 1.74. The van der Waals surface area contributed by atoms with E-state index in [4.69, 9.17) is 4.42 Å². The highest BCUT2D eigenvalue weighted by atomic mass is 32.2. The Kier molecular flexibility index (Phi) is 5.23. The summed E-state index contributed by atoms with van der Waals surface area (Å²) in [4.78, 5) is 0.536. The van der Waals surface area contributed by atoms with Crippen molar-refractivity contribution in [3.63, 3.8) is 0 Å². The van der Waals surface area contributed by atoms with Crippen LogP contribution in [0.4, 0.5) is 5.69 Å². The van der Waals surface area contributed by atoms with Crippen molar-refractivity contribution in [1.29, 1.82) is 0 Å². The lowest BCUT2D eigenvalue weighted by Crippen LogP contribution is -2.02. The maximum absolute atomic E-state index is 12.7. The molecule has 0 aliphatic carbocycles. The molecule has 134 valence electrons. The maximum Gasteiger partial charge on any atom is 0.206 e. The van der Waals surface area contributed by atoms with Crippen molar-refractivity contribution in [2.24, 2.45) is 5.10 Å². The summed E-state index contributed by atoms with van der Waals surface area (Å²) < 4.78 is 30.6. The third-order valence-corrected chi connectivity index (χ3v) is 5.74. The molecule has 1 N–H and O–H groups in total. The summed E-state index contributed by atoms with van der Waals surface area (Å²) in [6, 6.07) is 17.1. The molecule has 0 saturated carbocycles. The number of hydrogen-bond acceptors (Lipinski definition) is 5. The standard InChI is InChI=1S/C20H20N2O3S/c1-15(2)16-5-9-19(10-6-16)26(23,24)20-11-7-17(8-12-20)22-21-14-18-4-3-13-25-18/h3-15,22H,1-2H3/b21-14-. The van der Waals surface area contributed by atoms with E-state index in [-0.39, 0.29) is 4.90 Å². The van der Waals surface area contributed by atoms with Crippen LogP contribution in [-0.2, 0) is 9.84 Å². The van der Waals surface area contributed by atoms with Crippen LogP contribution in [0, 0.1) is 0 Å². The van der Waals surface area contributed by atoms with Gasteiger partial charge in [0.05, 0.1) is 28.0 Å². The van der Waals surface area contributed by atoms with Crippen LogP contribution in [-0.4, -0.2) is 14.6 Å². The summed E-state index contributed by atoms with van der Waals surface area (Å²) in [5, 5.41) is 4.04. The van der Waals surface area contributed by atoms with Gasteiger partial charge in [-0.3, -0.25) is 5.43 Å². The Hall–Kier alpha value is -2.86. The first-order valence-electron chi connectivity index (χ1n) is 8.24. The normalized spacial score (nSPS) is 12.0. The fraction of sp³-hybridized carbons (Fsp3) is 0.150. The van der Waals surface area contributed by atoms with Gasteiger partial charge in [0.15, 0.2) is 0 Å². The largest absolute Gasteiger partial charge is 0.463 e. The maximum atomic E-state index is 12.7. The molecule has 1 heterocycles. The number of nitrogens with one attached hydrogen (secondary N) is 1. The molecule has 5 nitrogen and oxygen atoms in total. The first-order chi connectivity index (χ1) is 12.5.